The first-order chi connectivity index (χ1) is 10.3. The lowest BCUT2D eigenvalue weighted by molar-refractivity contribution is 0.174. The summed E-state index contributed by atoms with van der Waals surface area (Å²) in [7, 11) is 0. The number of benzene rings is 1. The molecule has 1 unspecified atom stereocenters. The molecule has 0 spiro atoms. The van der Waals surface area contributed by atoms with E-state index in [0.29, 0.717) is 6.54 Å². The van der Waals surface area contributed by atoms with Crippen LogP contribution in [-0.4, -0.2) is 22.9 Å². The van der Waals surface area contributed by atoms with E-state index >= 15 is 0 Å². The number of nitrogens with zero attached hydrogens (tertiary/aromatic N) is 2. The van der Waals surface area contributed by atoms with Crippen molar-refractivity contribution in [3.05, 3.63) is 52.7 Å². The minimum absolute atomic E-state index is 0.00593. The largest absolute Gasteiger partial charge is 0.454 e. The van der Waals surface area contributed by atoms with Crippen molar-refractivity contribution in [1.29, 1.82) is 0 Å². The van der Waals surface area contributed by atoms with Crippen LogP contribution in [0.15, 0.2) is 41.6 Å². The first kappa shape index (κ1) is 13.6. The van der Waals surface area contributed by atoms with Crippen LogP contribution in [0.4, 0.5) is 0 Å². The molecule has 1 aliphatic heterocycles. The van der Waals surface area contributed by atoms with E-state index < -0.39 is 0 Å². The van der Waals surface area contributed by atoms with Crippen LogP contribution in [0.2, 0.25) is 0 Å². The summed E-state index contributed by atoms with van der Waals surface area (Å²) in [5, 5.41) is 3.38. The van der Waals surface area contributed by atoms with Gasteiger partial charge in [0, 0.05) is 18.8 Å². The fraction of sp³-hybridized carbons (Fsp3) is 0.333. The number of hydrogen-bond donors (Lipinski definition) is 1. The van der Waals surface area contributed by atoms with Gasteiger partial charge in [-0.3, -0.25) is 9.36 Å². The predicted molar refractivity (Wildman–Crippen MR) is 77.5 cm³/mol. The third kappa shape index (κ3) is 2.90. The monoisotopic (exact) mass is 287 g/mol. The van der Waals surface area contributed by atoms with Gasteiger partial charge in [-0.05, 0) is 24.2 Å². The van der Waals surface area contributed by atoms with Crippen molar-refractivity contribution in [2.45, 2.75) is 19.5 Å². The number of aromatic nitrogens is 2. The zero-order chi connectivity index (χ0) is 14.7. The van der Waals surface area contributed by atoms with Gasteiger partial charge in [-0.25, -0.2) is 4.98 Å². The van der Waals surface area contributed by atoms with Gasteiger partial charge < -0.3 is 14.8 Å². The van der Waals surface area contributed by atoms with E-state index in [0.717, 1.165) is 23.6 Å². The highest BCUT2D eigenvalue weighted by Gasteiger charge is 2.18. The molecule has 2 aromatic rings. The molecule has 1 aromatic carbocycles. The summed E-state index contributed by atoms with van der Waals surface area (Å²) >= 11 is 0. The van der Waals surface area contributed by atoms with Crippen molar-refractivity contribution in [1.82, 2.24) is 14.9 Å². The number of nitrogens with one attached hydrogen (secondary N) is 1. The number of hydrogen-bond acceptors (Lipinski definition) is 5. The zero-order valence-electron chi connectivity index (χ0n) is 11.8. The minimum atomic E-state index is -0.0614. The molecule has 0 radical (unpaired) electrons. The molecule has 6 heteroatoms. The highest BCUT2D eigenvalue weighted by molar-refractivity contribution is 5.45. The van der Waals surface area contributed by atoms with Gasteiger partial charge in [0.1, 0.15) is 0 Å². The Morgan fingerprint density at radius 2 is 2.19 bits per heavy atom. The molecule has 6 nitrogen and oxygen atoms in total. The standard InChI is InChI=1S/C15H17N3O3/c1-2-17-12(8-18-9-16-6-5-15(18)19)11-3-4-13-14(7-11)21-10-20-13/h3-7,9,12,17H,2,8,10H2,1H3. The Balaban J connectivity index is 1.87. The summed E-state index contributed by atoms with van der Waals surface area (Å²) in [6.07, 6.45) is 3.06. The number of ether oxygens (including phenoxy) is 2. The summed E-state index contributed by atoms with van der Waals surface area (Å²) in [4.78, 5) is 15.8. The SMILES string of the molecule is CCNC(Cn1cnccc1=O)c1ccc2c(c1)OCO2. The number of likely N-dealkylation sites (N-methyl/N-ethyl adjacent to an activating group) is 1. The molecule has 1 aromatic heterocycles. The van der Waals surface area contributed by atoms with Crippen LogP contribution in [0.25, 0.3) is 0 Å². The van der Waals surface area contributed by atoms with Crippen LogP contribution in [0.1, 0.15) is 18.5 Å². The summed E-state index contributed by atoms with van der Waals surface area (Å²) in [6.45, 7) is 3.60. The molecule has 1 atom stereocenters. The van der Waals surface area contributed by atoms with Crippen molar-refractivity contribution in [2.75, 3.05) is 13.3 Å². The molecule has 0 saturated heterocycles. The molecule has 1 aliphatic rings. The van der Waals surface area contributed by atoms with Gasteiger partial charge in [0.2, 0.25) is 6.79 Å². The van der Waals surface area contributed by atoms with Crippen LogP contribution < -0.4 is 20.3 Å². The second-order valence-electron chi connectivity index (χ2n) is 4.79. The van der Waals surface area contributed by atoms with E-state index in [1.165, 1.54) is 12.3 Å². The van der Waals surface area contributed by atoms with Crippen LogP contribution in [0.5, 0.6) is 11.5 Å². The zero-order valence-corrected chi connectivity index (χ0v) is 11.8. The molecule has 3 rings (SSSR count). The Morgan fingerprint density at radius 1 is 1.33 bits per heavy atom. The Morgan fingerprint density at radius 3 is 3.00 bits per heavy atom. The van der Waals surface area contributed by atoms with Crippen molar-refractivity contribution in [3.8, 4) is 11.5 Å². The first-order valence-corrected chi connectivity index (χ1v) is 6.91. The molecule has 0 amide bonds. The van der Waals surface area contributed by atoms with Crippen LogP contribution in [0.3, 0.4) is 0 Å². The molecule has 0 fully saturated rings. The molecular weight excluding hydrogens is 270 g/mol. The quantitative estimate of drug-likeness (QED) is 0.898. The van der Waals surface area contributed by atoms with Crippen molar-refractivity contribution in [2.24, 2.45) is 0 Å². The topological polar surface area (TPSA) is 65.4 Å². The highest BCUT2D eigenvalue weighted by atomic mass is 16.7. The normalized spacial score (nSPS) is 14.1. The Kier molecular flexibility index (Phi) is 3.87. The third-order valence-electron chi connectivity index (χ3n) is 3.42. The van der Waals surface area contributed by atoms with E-state index in [2.05, 4.69) is 10.3 Å². The van der Waals surface area contributed by atoms with Crippen LogP contribution in [-0.2, 0) is 6.54 Å². The Bertz CT molecular complexity index is 684. The van der Waals surface area contributed by atoms with Crippen molar-refractivity contribution >= 4 is 0 Å². The maximum absolute atomic E-state index is 11.8. The second kappa shape index (κ2) is 5.97. The van der Waals surface area contributed by atoms with Crippen molar-refractivity contribution < 1.29 is 9.47 Å². The fourth-order valence-corrected chi connectivity index (χ4v) is 2.38. The van der Waals surface area contributed by atoms with E-state index in [4.69, 9.17) is 9.47 Å². The fourth-order valence-electron chi connectivity index (χ4n) is 2.38. The molecular formula is C15H17N3O3. The molecule has 110 valence electrons. The van der Waals surface area contributed by atoms with Crippen LogP contribution in [0, 0.1) is 0 Å². The number of fused-ring (bicyclic) bond motifs is 1. The van der Waals surface area contributed by atoms with E-state index in [1.54, 1.807) is 10.9 Å². The van der Waals surface area contributed by atoms with E-state index in [9.17, 15) is 4.79 Å². The molecule has 1 N–H and O–H groups in total. The van der Waals surface area contributed by atoms with Gasteiger partial charge >= 0.3 is 0 Å². The maximum Gasteiger partial charge on any atom is 0.253 e. The summed E-state index contributed by atoms with van der Waals surface area (Å²) < 4.78 is 12.3. The third-order valence-corrected chi connectivity index (χ3v) is 3.42. The lowest BCUT2D eigenvalue weighted by Gasteiger charge is -2.19. The van der Waals surface area contributed by atoms with Gasteiger partial charge in [-0.2, -0.15) is 0 Å². The molecule has 0 bridgehead atoms. The van der Waals surface area contributed by atoms with Crippen molar-refractivity contribution in [3.63, 3.8) is 0 Å². The highest BCUT2D eigenvalue weighted by Crippen LogP contribution is 2.34. The molecule has 0 saturated carbocycles. The Hall–Kier alpha value is -2.34. The average molecular weight is 287 g/mol. The van der Waals surface area contributed by atoms with Crippen LogP contribution >= 0.6 is 0 Å². The number of rotatable bonds is 5. The minimum Gasteiger partial charge on any atom is -0.454 e. The molecule has 21 heavy (non-hydrogen) atoms. The summed E-state index contributed by atoms with van der Waals surface area (Å²) in [5.41, 5.74) is 0.991. The van der Waals surface area contributed by atoms with Gasteiger partial charge in [0.05, 0.1) is 12.4 Å². The molecule has 0 aliphatic carbocycles. The van der Waals surface area contributed by atoms with E-state index in [1.807, 2.05) is 25.1 Å². The van der Waals surface area contributed by atoms with Gasteiger partial charge in [-0.15, -0.1) is 0 Å². The Labute approximate surface area is 122 Å². The van der Waals surface area contributed by atoms with E-state index in [-0.39, 0.29) is 18.4 Å². The average Bonchev–Trinajstić information content (AvgIpc) is 2.96. The first-order valence-electron chi connectivity index (χ1n) is 6.91. The summed E-state index contributed by atoms with van der Waals surface area (Å²) in [5.74, 6) is 1.50. The van der Waals surface area contributed by atoms with Gasteiger partial charge in [-0.1, -0.05) is 13.0 Å². The molecule has 2 heterocycles. The van der Waals surface area contributed by atoms with Gasteiger partial charge in [0.25, 0.3) is 5.56 Å². The van der Waals surface area contributed by atoms with Gasteiger partial charge in [0.15, 0.2) is 11.5 Å². The smallest absolute Gasteiger partial charge is 0.253 e. The lowest BCUT2D eigenvalue weighted by Crippen LogP contribution is -2.30. The second-order valence-corrected chi connectivity index (χ2v) is 4.79. The lowest BCUT2D eigenvalue weighted by atomic mass is 10.1. The predicted octanol–water partition coefficient (Wildman–Crippen LogP) is 1.32. The maximum atomic E-state index is 11.8. The summed E-state index contributed by atoms with van der Waals surface area (Å²) in [6, 6.07) is 7.31.